The van der Waals surface area contributed by atoms with Gasteiger partial charge in [-0.05, 0) is 31.0 Å². The van der Waals surface area contributed by atoms with Crippen molar-refractivity contribution in [2.75, 3.05) is 37.0 Å². The number of nitrogens with one attached hydrogen (secondary N) is 1. The van der Waals surface area contributed by atoms with E-state index < -0.39 is 0 Å². The third kappa shape index (κ3) is 3.82. The van der Waals surface area contributed by atoms with Gasteiger partial charge in [-0.15, -0.1) is 11.3 Å². The predicted molar refractivity (Wildman–Crippen MR) is 106 cm³/mol. The van der Waals surface area contributed by atoms with Gasteiger partial charge in [-0.3, -0.25) is 4.79 Å². The van der Waals surface area contributed by atoms with Crippen LogP contribution in [0.3, 0.4) is 0 Å². The molecule has 9 heteroatoms. The molecule has 0 unspecified atom stereocenters. The van der Waals surface area contributed by atoms with E-state index in [9.17, 15) is 4.79 Å². The number of anilines is 2. The third-order valence-corrected chi connectivity index (χ3v) is 5.24. The highest BCUT2D eigenvalue weighted by molar-refractivity contribution is 7.16. The van der Waals surface area contributed by atoms with Crippen molar-refractivity contribution in [3.8, 4) is 0 Å². The van der Waals surface area contributed by atoms with E-state index in [0.717, 1.165) is 36.1 Å². The van der Waals surface area contributed by atoms with Crippen LogP contribution in [0.15, 0.2) is 23.7 Å². The number of benzene rings is 1. The summed E-state index contributed by atoms with van der Waals surface area (Å²) in [5.41, 5.74) is 3.29. The molecule has 1 saturated heterocycles. The van der Waals surface area contributed by atoms with Crippen molar-refractivity contribution >= 4 is 39.4 Å². The predicted octanol–water partition coefficient (Wildman–Crippen LogP) is 2.08. The number of aromatic nitrogens is 4. The summed E-state index contributed by atoms with van der Waals surface area (Å²) < 4.78 is 0.994. The molecule has 140 valence electrons. The maximum Gasteiger partial charge on any atom is 0.251 e. The lowest BCUT2D eigenvalue weighted by atomic mass is 10.2. The summed E-state index contributed by atoms with van der Waals surface area (Å²) in [4.78, 5) is 34.3. The maximum atomic E-state index is 12.5. The molecule has 1 aliphatic heterocycles. The number of rotatable bonds is 5. The van der Waals surface area contributed by atoms with Crippen molar-refractivity contribution in [3.63, 3.8) is 0 Å². The van der Waals surface area contributed by atoms with E-state index in [0.29, 0.717) is 23.3 Å². The number of nitrogens with zero attached hydrogens (tertiary/aromatic N) is 6. The van der Waals surface area contributed by atoms with Crippen LogP contribution in [0.25, 0.3) is 10.2 Å². The van der Waals surface area contributed by atoms with Gasteiger partial charge in [0.1, 0.15) is 0 Å². The van der Waals surface area contributed by atoms with Gasteiger partial charge < -0.3 is 15.1 Å². The highest BCUT2D eigenvalue weighted by atomic mass is 32.1. The topological polar surface area (TPSA) is 87.1 Å². The lowest BCUT2D eigenvalue weighted by Crippen LogP contribution is -2.27. The molecule has 0 atom stereocenters. The molecule has 0 radical (unpaired) electrons. The average molecular weight is 383 g/mol. The summed E-state index contributed by atoms with van der Waals surface area (Å²) in [5, 5.41) is 2.91. The average Bonchev–Trinajstić information content (AvgIpc) is 3.36. The molecular formula is C18H21N7OS. The standard InChI is InChI=1S/C18H21N7OS/c1-24(2)17-21-15(22-18(23-17)25-7-3-4-8-25)10-19-16(26)12-5-6-13-14(9-12)27-11-20-13/h5-6,9,11H,3-4,7-8,10H2,1-2H3,(H,19,26). The number of hydrogen-bond donors (Lipinski definition) is 1. The fraction of sp³-hybridized carbons (Fsp3) is 0.389. The molecule has 3 heterocycles. The molecule has 1 amide bonds. The quantitative estimate of drug-likeness (QED) is 0.722. The summed E-state index contributed by atoms with van der Waals surface area (Å²) in [6.45, 7) is 2.17. The van der Waals surface area contributed by atoms with E-state index in [1.165, 1.54) is 11.3 Å². The molecule has 0 spiro atoms. The van der Waals surface area contributed by atoms with Crippen LogP contribution in [0.5, 0.6) is 0 Å². The zero-order valence-corrected chi connectivity index (χ0v) is 16.2. The van der Waals surface area contributed by atoms with Crippen LogP contribution in [0, 0.1) is 0 Å². The van der Waals surface area contributed by atoms with Crippen molar-refractivity contribution in [3.05, 3.63) is 35.1 Å². The largest absolute Gasteiger partial charge is 0.347 e. The minimum Gasteiger partial charge on any atom is -0.347 e. The normalized spacial score (nSPS) is 13.9. The highest BCUT2D eigenvalue weighted by Crippen LogP contribution is 2.20. The van der Waals surface area contributed by atoms with E-state index in [2.05, 4.69) is 30.2 Å². The third-order valence-electron chi connectivity index (χ3n) is 4.45. The smallest absolute Gasteiger partial charge is 0.251 e. The van der Waals surface area contributed by atoms with Crippen molar-refractivity contribution in [1.82, 2.24) is 25.3 Å². The second-order valence-electron chi connectivity index (χ2n) is 6.66. The zero-order valence-electron chi connectivity index (χ0n) is 15.3. The first kappa shape index (κ1) is 17.6. The number of fused-ring (bicyclic) bond motifs is 1. The van der Waals surface area contributed by atoms with Crippen LogP contribution in [0.4, 0.5) is 11.9 Å². The van der Waals surface area contributed by atoms with Crippen LogP contribution in [-0.2, 0) is 6.54 Å². The van der Waals surface area contributed by atoms with Gasteiger partial charge in [0, 0.05) is 32.7 Å². The lowest BCUT2D eigenvalue weighted by Gasteiger charge is -2.19. The summed E-state index contributed by atoms with van der Waals surface area (Å²) in [7, 11) is 3.80. The Morgan fingerprint density at radius 2 is 2.04 bits per heavy atom. The molecule has 0 saturated carbocycles. The summed E-state index contributed by atoms with van der Waals surface area (Å²) in [6, 6.07) is 5.50. The van der Waals surface area contributed by atoms with Crippen LogP contribution >= 0.6 is 11.3 Å². The van der Waals surface area contributed by atoms with Crippen molar-refractivity contribution in [2.24, 2.45) is 0 Å². The Bertz CT molecular complexity index is 965. The molecule has 8 nitrogen and oxygen atoms in total. The molecule has 3 aromatic rings. The Kier molecular flexibility index (Phi) is 4.85. The van der Waals surface area contributed by atoms with E-state index in [4.69, 9.17) is 0 Å². The van der Waals surface area contributed by atoms with Gasteiger partial charge >= 0.3 is 0 Å². The van der Waals surface area contributed by atoms with Gasteiger partial charge in [0.25, 0.3) is 5.91 Å². The Hall–Kier alpha value is -2.81. The summed E-state index contributed by atoms with van der Waals surface area (Å²) >= 11 is 1.52. The van der Waals surface area contributed by atoms with E-state index in [1.54, 1.807) is 11.6 Å². The molecule has 1 aliphatic rings. The Labute approximate surface area is 161 Å². The number of carbonyl (C=O) groups is 1. The number of carbonyl (C=O) groups excluding carboxylic acids is 1. The van der Waals surface area contributed by atoms with Crippen LogP contribution in [0.2, 0.25) is 0 Å². The second kappa shape index (κ2) is 7.43. The van der Waals surface area contributed by atoms with Crippen molar-refractivity contribution < 1.29 is 4.79 Å². The molecule has 2 aromatic heterocycles. The van der Waals surface area contributed by atoms with E-state index in [1.807, 2.05) is 31.1 Å². The monoisotopic (exact) mass is 383 g/mol. The van der Waals surface area contributed by atoms with Crippen LogP contribution < -0.4 is 15.1 Å². The van der Waals surface area contributed by atoms with Crippen molar-refractivity contribution in [2.45, 2.75) is 19.4 Å². The number of hydrogen-bond acceptors (Lipinski definition) is 8. The minimum absolute atomic E-state index is 0.153. The highest BCUT2D eigenvalue weighted by Gasteiger charge is 2.18. The Morgan fingerprint density at radius 1 is 1.22 bits per heavy atom. The van der Waals surface area contributed by atoms with Crippen LogP contribution in [0.1, 0.15) is 29.0 Å². The van der Waals surface area contributed by atoms with Gasteiger partial charge in [0.15, 0.2) is 5.82 Å². The summed E-state index contributed by atoms with van der Waals surface area (Å²) in [6.07, 6.45) is 2.30. The number of amides is 1. The van der Waals surface area contributed by atoms with Gasteiger partial charge in [0.05, 0.1) is 22.3 Å². The fourth-order valence-corrected chi connectivity index (χ4v) is 3.71. The molecule has 1 fully saturated rings. The zero-order chi connectivity index (χ0) is 18.8. The molecule has 1 aromatic carbocycles. The molecular weight excluding hydrogens is 362 g/mol. The fourth-order valence-electron chi connectivity index (χ4n) is 2.99. The molecule has 0 bridgehead atoms. The first-order valence-corrected chi connectivity index (χ1v) is 9.77. The first-order chi connectivity index (χ1) is 13.1. The van der Waals surface area contributed by atoms with E-state index in [-0.39, 0.29) is 12.5 Å². The van der Waals surface area contributed by atoms with Gasteiger partial charge in [0.2, 0.25) is 11.9 Å². The SMILES string of the molecule is CN(C)c1nc(CNC(=O)c2ccc3ncsc3c2)nc(N2CCCC2)n1. The van der Waals surface area contributed by atoms with E-state index >= 15 is 0 Å². The molecule has 0 aliphatic carbocycles. The van der Waals surface area contributed by atoms with Gasteiger partial charge in [-0.1, -0.05) is 0 Å². The van der Waals surface area contributed by atoms with Gasteiger partial charge in [-0.2, -0.15) is 15.0 Å². The molecule has 4 rings (SSSR count). The Morgan fingerprint density at radius 3 is 2.81 bits per heavy atom. The first-order valence-electron chi connectivity index (χ1n) is 8.89. The minimum atomic E-state index is -0.153. The second-order valence-corrected chi connectivity index (χ2v) is 7.54. The van der Waals surface area contributed by atoms with Crippen molar-refractivity contribution in [1.29, 1.82) is 0 Å². The van der Waals surface area contributed by atoms with Gasteiger partial charge in [-0.25, -0.2) is 4.98 Å². The maximum absolute atomic E-state index is 12.5. The molecule has 1 N–H and O–H groups in total. The van der Waals surface area contributed by atoms with Crippen LogP contribution in [-0.4, -0.2) is 53.0 Å². The number of thiazole rings is 1. The molecule has 27 heavy (non-hydrogen) atoms. The lowest BCUT2D eigenvalue weighted by molar-refractivity contribution is 0.0950. The summed E-state index contributed by atoms with van der Waals surface area (Å²) in [5.74, 6) is 1.69. The Balaban J connectivity index is 1.51.